The van der Waals surface area contributed by atoms with E-state index in [4.69, 9.17) is 16.7 Å². The SMILES string of the molecule is CC(C)C(C)(C)CNc1nccc(C(=O)O)c1Cl. The number of anilines is 1. The van der Waals surface area contributed by atoms with Gasteiger partial charge in [0.05, 0.1) is 10.6 Å². The normalized spacial score (nSPS) is 11.7. The third-order valence-electron chi connectivity index (χ3n) is 3.39. The number of pyridine rings is 1. The third-order valence-corrected chi connectivity index (χ3v) is 3.78. The molecule has 0 atom stereocenters. The number of aromatic nitrogens is 1. The smallest absolute Gasteiger partial charge is 0.337 e. The average molecular weight is 271 g/mol. The molecule has 0 fully saturated rings. The van der Waals surface area contributed by atoms with E-state index in [2.05, 4.69) is 38.0 Å². The predicted octanol–water partition coefficient (Wildman–Crippen LogP) is 3.53. The summed E-state index contributed by atoms with van der Waals surface area (Å²) in [5.41, 5.74) is 0.140. The molecular formula is C13H19ClN2O2. The van der Waals surface area contributed by atoms with E-state index < -0.39 is 5.97 Å². The molecule has 0 bridgehead atoms. The molecule has 0 aliphatic carbocycles. The van der Waals surface area contributed by atoms with Crippen molar-refractivity contribution in [2.75, 3.05) is 11.9 Å². The van der Waals surface area contributed by atoms with Gasteiger partial charge in [0.2, 0.25) is 0 Å². The van der Waals surface area contributed by atoms with Crippen LogP contribution < -0.4 is 5.32 Å². The lowest BCUT2D eigenvalue weighted by Crippen LogP contribution is -2.29. The quantitative estimate of drug-likeness (QED) is 0.859. The first-order chi connectivity index (χ1) is 8.25. The van der Waals surface area contributed by atoms with Crippen LogP contribution in [-0.4, -0.2) is 22.6 Å². The van der Waals surface area contributed by atoms with Gasteiger partial charge in [0.15, 0.2) is 0 Å². The van der Waals surface area contributed by atoms with Crippen molar-refractivity contribution in [2.24, 2.45) is 11.3 Å². The number of aromatic carboxylic acids is 1. The van der Waals surface area contributed by atoms with Gasteiger partial charge in [0, 0.05) is 12.7 Å². The molecule has 0 unspecified atom stereocenters. The van der Waals surface area contributed by atoms with Crippen molar-refractivity contribution in [1.29, 1.82) is 0 Å². The maximum Gasteiger partial charge on any atom is 0.337 e. The Hall–Kier alpha value is -1.29. The van der Waals surface area contributed by atoms with Gasteiger partial charge in [-0.1, -0.05) is 39.3 Å². The Labute approximate surface area is 112 Å². The van der Waals surface area contributed by atoms with Crippen LogP contribution in [0.2, 0.25) is 5.02 Å². The van der Waals surface area contributed by atoms with E-state index in [-0.39, 0.29) is 16.0 Å². The van der Waals surface area contributed by atoms with Gasteiger partial charge in [-0.3, -0.25) is 0 Å². The Morgan fingerprint density at radius 1 is 1.56 bits per heavy atom. The van der Waals surface area contributed by atoms with E-state index in [1.807, 2.05) is 0 Å². The molecule has 0 aliphatic rings. The zero-order valence-corrected chi connectivity index (χ0v) is 11.9. The summed E-state index contributed by atoms with van der Waals surface area (Å²) in [6, 6.07) is 1.39. The summed E-state index contributed by atoms with van der Waals surface area (Å²) >= 11 is 6.01. The van der Waals surface area contributed by atoms with Crippen LogP contribution >= 0.6 is 11.6 Å². The van der Waals surface area contributed by atoms with E-state index >= 15 is 0 Å². The second kappa shape index (κ2) is 5.57. The van der Waals surface area contributed by atoms with Gasteiger partial charge >= 0.3 is 5.97 Å². The van der Waals surface area contributed by atoms with E-state index in [0.29, 0.717) is 18.3 Å². The molecule has 2 N–H and O–H groups in total. The number of hydrogen-bond donors (Lipinski definition) is 2. The molecule has 18 heavy (non-hydrogen) atoms. The summed E-state index contributed by atoms with van der Waals surface area (Å²) in [6.45, 7) is 9.24. The lowest BCUT2D eigenvalue weighted by Gasteiger charge is -2.29. The molecule has 0 aromatic carbocycles. The molecule has 0 saturated carbocycles. The Morgan fingerprint density at radius 2 is 2.17 bits per heavy atom. The largest absolute Gasteiger partial charge is 0.478 e. The van der Waals surface area contributed by atoms with Gasteiger partial charge in [-0.15, -0.1) is 0 Å². The molecule has 0 saturated heterocycles. The minimum Gasteiger partial charge on any atom is -0.478 e. The Bertz CT molecular complexity index is 445. The molecule has 0 radical (unpaired) electrons. The molecule has 1 heterocycles. The van der Waals surface area contributed by atoms with Crippen LogP contribution in [0.25, 0.3) is 0 Å². The summed E-state index contributed by atoms with van der Waals surface area (Å²) in [5.74, 6) is -0.134. The van der Waals surface area contributed by atoms with E-state index in [1.54, 1.807) is 0 Å². The topological polar surface area (TPSA) is 62.2 Å². The Balaban J connectivity index is 2.87. The van der Waals surface area contributed by atoms with Gasteiger partial charge in [-0.25, -0.2) is 9.78 Å². The van der Waals surface area contributed by atoms with Gasteiger partial charge < -0.3 is 10.4 Å². The van der Waals surface area contributed by atoms with Gasteiger partial charge in [-0.2, -0.15) is 0 Å². The van der Waals surface area contributed by atoms with Crippen molar-refractivity contribution in [3.05, 3.63) is 22.8 Å². The fraction of sp³-hybridized carbons (Fsp3) is 0.538. The van der Waals surface area contributed by atoms with Gasteiger partial charge in [0.25, 0.3) is 0 Å². The monoisotopic (exact) mass is 270 g/mol. The van der Waals surface area contributed by atoms with Crippen LogP contribution in [0.1, 0.15) is 38.1 Å². The van der Waals surface area contributed by atoms with Crippen LogP contribution in [0.15, 0.2) is 12.3 Å². The molecular weight excluding hydrogens is 252 g/mol. The van der Waals surface area contributed by atoms with Crippen LogP contribution in [0.3, 0.4) is 0 Å². The van der Waals surface area contributed by atoms with Gasteiger partial charge in [0.1, 0.15) is 5.82 Å². The van der Waals surface area contributed by atoms with Crippen LogP contribution in [0.4, 0.5) is 5.82 Å². The zero-order chi connectivity index (χ0) is 13.9. The van der Waals surface area contributed by atoms with Crippen LogP contribution in [-0.2, 0) is 0 Å². The Kier molecular flexibility index (Phi) is 4.57. The van der Waals surface area contributed by atoms with Crippen molar-refractivity contribution >= 4 is 23.4 Å². The van der Waals surface area contributed by atoms with E-state index in [1.165, 1.54) is 12.3 Å². The highest BCUT2D eigenvalue weighted by Gasteiger charge is 2.23. The summed E-state index contributed by atoms with van der Waals surface area (Å²) < 4.78 is 0. The highest BCUT2D eigenvalue weighted by molar-refractivity contribution is 6.35. The molecule has 0 aliphatic heterocycles. The van der Waals surface area contributed by atoms with Crippen LogP contribution in [0.5, 0.6) is 0 Å². The lowest BCUT2D eigenvalue weighted by atomic mass is 9.81. The maximum atomic E-state index is 10.9. The number of halogens is 1. The molecule has 5 heteroatoms. The maximum absolute atomic E-state index is 10.9. The molecule has 1 aromatic rings. The highest BCUT2D eigenvalue weighted by atomic mass is 35.5. The van der Waals surface area contributed by atoms with Crippen molar-refractivity contribution in [2.45, 2.75) is 27.7 Å². The second-order valence-corrected chi connectivity index (χ2v) is 5.70. The zero-order valence-electron chi connectivity index (χ0n) is 11.1. The van der Waals surface area contributed by atoms with E-state index in [0.717, 1.165) is 0 Å². The number of carboxylic acids is 1. The van der Waals surface area contributed by atoms with Crippen molar-refractivity contribution in [1.82, 2.24) is 4.98 Å². The summed E-state index contributed by atoms with van der Waals surface area (Å²) in [5, 5.41) is 12.2. The van der Waals surface area contributed by atoms with Crippen molar-refractivity contribution in [3.8, 4) is 0 Å². The van der Waals surface area contributed by atoms with Crippen molar-refractivity contribution in [3.63, 3.8) is 0 Å². The number of carboxylic acid groups (broad SMARTS) is 1. The fourth-order valence-corrected chi connectivity index (χ4v) is 1.51. The molecule has 1 rings (SSSR count). The standard InChI is InChI=1S/C13H19ClN2O2/c1-8(2)13(3,4)7-16-11-10(14)9(12(17)18)5-6-15-11/h5-6,8H,7H2,1-4H3,(H,15,16)(H,17,18). The minimum atomic E-state index is -1.05. The summed E-state index contributed by atoms with van der Waals surface area (Å²) in [4.78, 5) is 15.0. The van der Waals surface area contributed by atoms with Gasteiger partial charge in [-0.05, 0) is 17.4 Å². The minimum absolute atomic E-state index is 0.0662. The lowest BCUT2D eigenvalue weighted by molar-refractivity contribution is 0.0697. The second-order valence-electron chi connectivity index (χ2n) is 5.32. The predicted molar refractivity (Wildman–Crippen MR) is 73.3 cm³/mol. The number of rotatable bonds is 5. The first-order valence-electron chi connectivity index (χ1n) is 5.87. The summed E-state index contributed by atoms with van der Waals surface area (Å²) in [7, 11) is 0. The van der Waals surface area contributed by atoms with E-state index in [9.17, 15) is 4.79 Å². The van der Waals surface area contributed by atoms with Crippen LogP contribution in [0, 0.1) is 11.3 Å². The first kappa shape index (κ1) is 14.8. The number of nitrogens with one attached hydrogen (secondary N) is 1. The number of hydrogen-bond acceptors (Lipinski definition) is 3. The molecule has 100 valence electrons. The fourth-order valence-electron chi connectivity index (χ4n) is 1.25. The van der Waals surface area contributed by atoms with Crippen molar-refractivity contribution < 1.29 is 9.90 Å². The molecule has 4 nitrogen and oxygen atoms in total. The number of carbonyl (C=O) groups is 1. The average Bonchev–Trinajstić information content (AvgIpc) is 2.27. The Morgan fingerprint density at radius 3 is 2.67 bits per heavy atom. The first-order valence-corrected chi connectivity index (χ1v) is 6.25. The summed E-state index contributed by atoms with van der Waals surface area (Å²) in [6.07, 6.45) is 1.44. The molecule has 1 aromatic heterocycles. The number of nitrogens with zero attached hydrogens (tertiary/aromatic N) is 1. The third kappa shape index (κ3) is 3.35. The molecule has 0 spiro atoms. The highest BCUT2D eigenvalue weighted by Crippen LogP contribution is 2.28. The molecule has 0 amide bonds.